The molecule has 0 spiro atoms. The van der Waals surface area contributed by atoms with Gasteiger partial charge >= 0.3 is 0 Å². The van der Waals surface area contributed by atoms with E-state index in [4.69, 9.17) is 9.15 Å². The van der Waals surface area contributed by atoms with Crippen molar-refractivity contribution in [1.29, 1.82) is 0 Å². The van der Waals surface area contributed by atoms with Gasteiger partial charge in [0.25, 0.3) is 0 Å². The monoisotopic (exact) mass is 339 g/mol. The van der Waals surface area contributed by atoms with Crippen LogP contribution in [0.4, 0.5) is 0 Å². The normalized spacial score (nSPS) is 12.7. The van der Waals surface area contributed by atoms with Crippen molar-refractivity contribution in [3.63, 3.8) is 0 Å². The highest BCUT2D eigenvalue weighted by Crippen LogP contribution is 2.27. The molecule has 0 fully saturated rings. The van der Waals surface area contributed by atoms with E-state index in [1.165, 1.54) is 0 Å². The van der Waals surface area contributed by atoms with Crippen LogP contribution in [0.3, 0.4) is 0 Å². The summed E-state index contributed by atoms with van der Waals surface area (Å²) in [6.45, 7) is 4.56. The highest BCUT2D eigenvalue weighted by Gasteiger charge is 2.19. The molecule has 0 radical (unpaired) electrons. The van der Waals surface area contributed by atoms with E-state index >= 15 is 0 Å². The zero-order valence-corrected chi connectivity index (χ0v) is 13.6. The van der Waals surface area contributed by atoms with Crippen molar-refractivity contribution in [1.82, 2.24) is 15.1 Å². The first kappa shape index (κ1) is 15.0. The van der Waals surface area contributed by atoms with Crippen LogP contribution < -0.4 is 4.74 Å². The zero-order valence-electron chi connectivity index (χ0n) is 12.1. The Kier molecular flexibility index (Phi) is 4.77. The summed E-state index contributed by atoms with van der Waals surface area (Å²) < 4.78 is 11.9. The van der Waals surface area contributed by atoms with Crippen molar-refractivity contribution < 1.29 is 9.15 Å². The van der Waals surface area contributed by atoms with Crippen LogP contribution in [-0.2, 0) is 6.54 Å². The first-order chi connectivity index (χ1) is 9.51. The molecular weight excluding hydrogens is 322 g/mol. The second kappa shape index (κ2) is 6.37. The van der Waals surface area contributed by atoms with Gasteiger partial charge in [0.15, 0.2) is 0 Å². The molecule has 5 nitrogen and oxygen atoms in total. The van der Waals surface area contributed by atoms with Crippen molar-refractivity contribution in [2.24, 2.45) is 0 Å². The zero-order chi connectivity index (χ0) is 14.7. The molecule has 0 N–H and O–H groups in total. The molecule has 1 unspecified atom stereocenters. The van der Waals surface area contributed by atoms with Gasteiger partial charge in [0.2, 0.25) is 11.8 Å². The van der Waals surface area contributed by atoms with Crippen LogP contribution in [-0.4, -0.2) is 29.3 Å². The predicted octanol–water partition coefficient (Wildman–Crippen LogP) is 3.34. The molecule has 1 aromatic heterocycles. The Labute approximate surface area is 127 Å². The van der Waals surface area contributed by atoms with Gasteiger partial charge in [0, 0.05) is 23.5 Å². The fourth-order valence-electron chi connectivity index (χ4n) is 1.95. The third-order valence-corrected chi connectivity index (χ3v) is 3.72. The van der Waals surface area contributed by atoms with Gasteiger partial charge in [-0.05, 0) is 32.2 Å². The van der Waals surface area contributed by atoms with Crippen LogP contribution >= 0.6 is 15.9 Å². The van der Waals surface area contributed by atoms with Crippen LogP contribution in [0.5, 0.6) is 5.75 Å². The van der Waals surface area contributed by atoms with E-state index in [1.807, 2.05) is 26.1 Å². The molecule has 0 amide bonds. The van der Waals surface area contributed by atoms with E-state index in [9.17, 15) is 0 Å². The molecular formula is C14H18BrN3O2. The second-order valence-electron chi connectivity index (χ2n) is 4.71. The lowest BCUT2D eigenvalue weighted by Crippen LogP contribution is -2.22. The van der Waals surface area contributed by atoms with Gasteiger partial charge in [-0.15, -0.1) is 10.2 Å². The summed E-state index contributed by atoms with van der Waals surface area (Å²) in [4.78, 5) is 2.14. The second-order valence-corrected chi connectivity index (χ2v) is 5.62. The third kappa shape index (κ3) is 3.37. The molecule has 0 saturated heterocycles. The minimum Gasteiger partial charge on any atom is -0.496 e. The number of hydrogen-bond acceptors (Lipinski definition) is 5. The van der Waals surface area contributed by atoms with Gasteiger partial charge in [-0.1, -0.05) is 15.9 Å². The Morgan fingerprint density at radius 3 is 2.75 bits per heavy atom. The van der Waals surface area contributed by atoms with Crippen LogP contribution in [0.15, 0.2) is 27.1 Å². The van der Waals surface area contributed by atoms with E-state index < -0.39 is 0 Å². The van der Waals surface area contributed by atoms with Gasteiger partial charge in [-0.2, -0.15) is 0 Å². The largest absolute Gasteiger partial charge is 0.496 e. The Hall–Kier alpha value is -1.40. The van der Waals surface area contributed by atoms with Crippen LogP contribution in [0.25, 0.3) is 0 Å². The number of aromatic nitrogens is 2. The van der Waals surface area contributed by atoms with E-state index in [-0.39, 0.29) is 6.04 Å². The molecule has 1 heterocycles. The number of ether oxygens (including phenoxy) is 1. The Morgan fingerprint density at radius 1 is 1.40 bits per heavy atom. The molecule has 1 atom stereocenters. The van der Waals surface area contributed by atoms with Gasteiger partial charge in [0.1, 0.15) is 5.75 Å². The lowest BCUT2D eigenvalue weighted by molar-refractivity contribution is 0.212. The summed E-state index contributed by atoms with van der Waals surface area (Å²) in [6, 6.07) is 6.02. The fraction of sp³-hybridized carbons (Fsp3) is 0.429. The summed E-state index contributed by atoms with van der Waals surface area (Å²) in [6.07, 6.45) is 0. The summed E-state index contributed by atoms with van der Waals surface area (Å²) >= 11 is 3.49. The average Bonchev–Trinajstić information content (AvgIpc) is 2.84. The van der Waals surface area contributed by atoms with Crippen molar-refractivity contribution >= 4 is 15.9 Å². The van der Waals surface area contributed by atoms with Crippen molar-refractivity contribution in [2.45, 2.75) is 26.4 Å². The summed E-state index contributed by atoms with van der Waals surface area (Å²) in [5, 5.41) is 7.94. The highest BCUT2D eigenvalue weighted by molar-refractivity contribution is 9.10. The number of halogens is 1. The van der Waals surface area contributed by atoms with Gasteiger partial charge in [-0.3, -0.25) is 4.90 Å². The maximum Gasteiger partial charge on any atom is 0.233 e. The maximum absolute atomic E-state index is 5.48. The first-order valence-corrected chi connectivity index (χ1v) is 7.13. The highest BCUT2D eigenvalue weighted by atomic mass is 79.9. The molecule has 1 aromatic carbocycles. The number of nitrogens with zero attached hydrogens (tertiary/aromatic N) is 3. The topological polar surface area (TPSA) is 51.4 Å². The number of benzene rings is 1. The van der Waals surface area contributed by atoms with E-state index in [2.05, 4.69) is 37.1 Å². The van der Waals surface area contributed by atoms with E-state index in [0.717, 1.165) is 22.3 Å². The minimum atomic E-state index is 0.0416. The molecule has 108 valence electrons. The molecule has 0 saturated carbocycles. The average molecular weight is 340 g/mol. The van der Waals surface area contributed by atoms with Crippen molar-refractivity contribution in [3.8, 4) is 5.75 Å². The van der Waals surface area contributed by atoms with E-state index in [0.29, 0.717) is 11.8 Å². The molecule has 0 aliphatic heterocycles. The summed E-state index contributed by atoms with van der Waals surface area (Å²) in [5.74, 6) is 2.08. The van der Waals surface area contributed by atoms with Gasteiger partial charge < -0.3 is 9.15 Å². The quantitative estimate of drug-likeness (QED) is 0.836. The number of hydrogen-bond donors (Lipinski definition) is 0. The molecule has 20 heavy (non-hydrogen) atoms. The smallest absolute Gasteiger partial charge is 0.233 e. The number of rotatable bonds is 5. The lowest BCUT2D eigenvalue weighted by Gasteiger charge is -2.22. The number of methoxy groups -OCH3 is 1. The van der Waals surface area contributed by atoms with Crippen LogP contribution in [0.2, 0.25) is 0 Å². The SMILES string of the molecule is COc1ccc(Br)cc1CN(C)C(C)c1nnc(C)o1. The molecule has 2 rings (SSSR count). The van der Waals surface area contributed by atoms with Gasteiger partial charge in [0.05, 0.1) is 13.2 Å². The van der Waals surface area contributed by atoms with Crippen molar-refractivity contribution in [2.75, 3.05) is 14.2 Å². The van der Waals surface area contributed by atoms with Crippen molar-refractivity contribution in [3.05, 3.63) is 40.0 Å². The summed E-state index contributed by atoms with van der Waals surface area (Å²) in [7, 11) is 3.70. The molecule has 0 aliphatic carbocycles. The van der Waals surface area contributed by atoms with Crippen LogP contribution in [0.1, 0.15) is 30.3 Å². The Morgan fingerprint density at radius 2 is 2.15 bits per heavy atom. The van der Waals surface area contributed by atoms with E-state index in [1.54, 1.807) is 14.0 Å². The summed E-state index contributed by atoms with van der Waals surface area (Å²) in [5.41, 5.74) is 1.10. The van der Waals surface area contributed by atoms with Gasteiger partial charge in [-0.25, -0.2) is 0 Å². The maximum atomic E-state index is 5.48. The standard InChI is InChI=1S/C14H18BrN3O2/c1-9(14-17-16-10(2)20-14)18(3)8-11-7-12(15)5-6-13(11)19-4/h5-7,9H,8H2,1-4H3. The minimum absolute atomic E-state index is 0.0416. The Balaban J connectivity index is 2.15. The molecule has 2 aromatic rings. The molecule has 6 heteroatoms. The number of aryl methyl sites for hydroxylation is 1. The lowest BCUT2D eigenvalue weighted by atomic mass is 10.1. The molecule has 0 bridgehead atoms. The Bertz CT molecular complexity index is 586. The van der Waals surface area contributed by atoms with Crippen LogP contribution in [0, 0.1) is 6.92 Å². The fourth-order valence-corrected chi connectivity index (χ4v) is 2.35. The predicted molar refractivity (Wildman–Crippen MR) is 79.6 cm³/mol. The first-order valence-electron chi connectivity index (χ1n) is 6.34. The molecule has 0 aliphatic rings. The third-order valence-electron chi connectivity index (χ3n) is 3.22.